The molecule has 0 saturated carbocycles. The molecule has 0 aliphatic heterocycles. The second kappa shape index (κ2) is 6.87. The summed E-state index contributed by atoms with van der Waals surface area (Å²) < 4.78 is 1.58. The topological polar surface area (TPSA) is 50.2 Å². The van der Waals surface area contributed by atoms with Crippen molar-refractivity contribution in [1.29, 1.82) is 0 Å². The Hall–Kier alpha value is -2.27. The highest BCUT2D eigenvalue weighted by molar-refractivity contribution is 6.31. The van der Waals surface area contributed by atoms with Gasteiger partial charge in [-0.1, -0.05) is 11.6 Å². The van der Waals surface area contributed by atoms with Crippen molar-refractivity contribution in [3.05, 3.63) is 46.2 Å². The number of carbonyl (C=O) groups excluding carboxylic acids is 1. The van der Waals surface area contributed by atoms with Crippen LogP contribution >= 0.6 is 11.6 Å². The van der Waals surface area contributed by atoms with Gasteiger partial charge in [0.05, 0.1) is 5.69 Å². The smallest absolute Gasteiger partial charge is 0.248 e. The summed E-state index contributed by atoms with van der Waals surface area (Å²) in [4.78, 5) is 14.1. The standard InChI is InChI=1S/C17H21ClN4O/c1-11-10-13(6-8-15(11)21(3)4)19-16(23)9-7-14-12(2)20-22(5)17(14)18/h6-10H,1-5H3,(H,19,23)/b9-7-. The number of halogens is 1. The number of benzene rings is 1. The zero-order valence-corrected chi connectivity index (χ0v) is 14.8. The fraction of sp³-hybridized carbons (Fsp3) is 0.294. The molecule has 0 atom stereocenters. The molecule has 0 spiro atoms. The van der Waals surface area contributed by atoms with Gasteiger partial charge < -0.3 is 10.2 Å². The van der Waals surface area contributed by atoms with Crippen molar-refractivity contribution < 1.29 is 4.79 Å². The van der Waals surface area contributed by atoms with Gasteiger partial charge >= 0.3 is 0 Å². The lowest BCUT2D eigenvalue weighted by Crippen LogP contribution is -2.11. The number of nitrogens with zero attached hydrogens (tertiary/aromatic N) is 3. The van der Waals surface area contributed by atoms with Gasteiger partial charge in [-0.25, -0.2) is 0 Å². The largest absolute Gasteiger partial charge is 0.377 e. The van der Waals surface area contributed by atoms with Crippen molar-refractivity contribution in [2.45, 2.75) is 13.8 Å². The summed E-state index contributed by atoms with van der Waals surface area (Å²) in [5, 5.41) is 7.57. The normalized spacial score (nSPS) is 11.0. The molecule has 1 N–H and O–H groups in total. The van der Waals surface area contributed by atoms with E-state index in [1.165, 1.54) is 6.08 Å². The minimum Gasteiger partial charge on any atom is -0.377 e. The summed E-state index contributed by atoms with van der Waals surface area (Å²) in [6.07, 6.45) is 3.14. The minimum absolute atomic E-state index is 0.207. The van der Waals surface area contributed by atoms with Gasteiger partial charge in [-0.2, -0.15) is 5.10 Å². The van der Waals surface area contributed by atoms with Crippen molar-refractivity contribution in [3.8, 4) is 0 Å². The van der Waals surface area contributed by atoms with Crippen LogP contribution in [0.2, 0.25) is 5.15 Å². The van der Waals surface area contributed by atoms with E-state index >= 15 is 0 Å². The molecule has 6 heteroatoms. The first-order chi connectivity index (χ1) is 10.8. The molecular weight excluding hydrogens is 312 g/mol. The lowest BCUT2D eigenvalue weighted by molar-refractivity contribution is -0.111. The SMILES string of the molecule is Cc1cc(NC(=O)/C=C\c2c(C)nn(C)c2Cl)ccc1N(C)C. The number of nitrogens with one attached hydrogen (secondary N) is 1. The highest BCUT2D eigenvalue weighted by Crippen LogP contribution is 2.22. The molecule has 0 aliphatic carbocycles. The maximum Gasteiger partial charge on any atom is 0.248 e. The van der Waals surface area contributed by atoms with Crippen LogP contribution in [0.1, 0.15) is 16.8 Å². The van der Waals surface area contributed by atoms with E-state index in [-0.39, 0.29) is 5.91 Å². The Kier molecular flexibility index (Phi) is 5.11. The Morgan fingerprint density at radius 3 is 2.57 bits per heavy atom. The third kappa shape index (κ3) is 3.93. The first-order valence-corrected chi connectivity index (χ1v) is 7.63. The van der Waals surface area contributed by atoms with Crippen LogP contribution < -0.4 is 10.2 Å². The molecule has 0 radical (unpaired) electrons. The van der Waals surface area contributed by atoms with E-state index in [1.54, 1.807) is 17.8 Å². The molecule has 122 valence electrons. The lowest BCUT2D eigenvalue weighted by atomic mass is 10.1. The van der Waals surface area contributed by atoms with Crippen LogP contribution in [0, 0.1) is 13.8 Å². The average molecular weight is 333 g/mol. The third-order valence-corrected chi connectivity index (χ3v) is 3.99. The molecular formula is C17H21ClN4O. The molecule has 0 fully saturated rings. The van der Waals surface area contributed by atoms with E-state index in [2.05, 4.69) is 10.4 Å². The Balaban J connectivity index is 2.10. The third-order valence-electron chi connectivity index (χ3n) is 3.54. The van der Waals surface area contributed by atoms with Gasteiger partial charge in [-0.05, 0) is 43.7 Å². The Labute approximate surface area is 141 Å². The number of hydrogen-bond donors (Lipinski definition) is 1. The molecule has 1 heterocycles. The zero-order chi connectivity index (χ0) is 17.1. The van der Waals surface area contributed by atoms with Crippen molar-refractivity contribution in [3.63, 3.8) is 0 Å². The van der Waals surface area contributed by atoms with Gasteiger partial charge in [0.1, 0.15) is 5.15 Å². The molecule has 0 saturated heterocycles. The Morgan fingerprint density at radius 1 is 1.35 bits per heavy atom. The highest BCUT2D eigenvalue weighted by atomic mass is 35.5. The average Bonchev–Trinajstić information content (AvgIpc) is 2.70. The monoisotopic (exact) mass is 332 g/mol. The fourth-order valence-electron chi connectivity index (χ4n) is 2.41. The van der Waals surface area contributed by atoms with Crippen LogP contribution in [0.25, 0.3) is 6.08 Å². The molecule has 1 amide bonds. The van der Waals surface area contributed by atoms with Crippen LogP contribution in [0.5, 0.6) is 0 Å². The van der Waals surface area contributed by atoms with E-state index in [4.69, 9.17) is 11.6 Å². The summed E-state index contributed by atoms with van der Waals surface area (Å²) in [5.74, 6) is -0.207. The molecule has 0 unspecified atom stereocenters. The number of rotatable bonds is 4. The van der Waals surface area contributed by atoms with Crippen LogP contribution in [-0.2, 0) is 11.8 Å². The second-order valence-electron chi connectivity index (χ2n) is 5.63. The lowest BCUT2D eigenvalue weighted by Gasteiger charge is -2.16. The van der Waals surface area contributed by atoms with Gasteiger partial charge in [-0.15, -0.1) is 0 Å². The maximum absolute atomic E-state index is 12.1. The van der Waals surface area contributed by atoms with E-state index in [9.17, 15) is 4.79 Å². The maximum atomic E-state index is 12.1. The van der Waals surface area contributed by atoms with Crippen LogP contribution in [0.3, 0.4) is 0 Å². The molecule has 1 aromatic heterocycles. The summed E-state index contributed by atoms with van der Waals surface area (Å²) in [5.41, 5.74) is 4.52. The van der Waals surface area contributed by atoms with Crippen molar-refractivity contribution in [2.24, 2.45) is 7.05 Å². The summed E-state index contributed by atoms with van der Waals surface area (Å²) in [6, 6.07) is 5.82. The molecule has 0 bridgehead atoms. The van der Waals surface area contributed by atoms with E-state index < -0.39 is 0 Å². The van der Waals surface area contributed by atoms with Crippen molar-refractivity contribution in [2.75, 3.05) is 24.3 Å². The van der Waals surface area contributed by atoms with Gasteiger partial charge in [-0.3, -0.25) is 9.48 Å². The second-order valence-corrected chi connectivity index (χ2v) is 5.99. The zero-order valence-electron chi connectivity index (χ0n) is 14.0. The predicted octanol–water partition coefficient (Wildman–Crippen LogP) is 3.41. The molecule has 0 aliphatic rings. The first-order valence-electron chi connectivity index (χ1n) is 7.25. The van der Waals surface area contributed by atoms with Crippen LogP contribution in [-0.4, -0.2) is 29.8 Å². The van der Waals surface area contributed by atoms with Gasteiger partial charge in [0.25, 0.3) is 0 Å². The molecule has 2 aromatic rings. The number of carbonyl (C=O) groups is 1. The summed E-state index contributed by atoms with van der Waals surface area (Å²) >= 11 is 6.14. The van der Waals surface area contributed by atoms with Gasteiger partial charge in [0.15, 0.2) is 0 Å². The molecule has 5 nitrogen and oxygen atoms in total. The van der Waals surface area contributed by atoms with Gasteiger partial charge in [0, 0.05) is 44.2 Å². The summed E-state index contributed by atoms with van der Waals surface area (Å²) in [7, 11) is 5.74. The van der Waals surface area contributed by atoms with Crippen molar-refractivity contribution >= 4 is 35.0 Å². The van der Waals surface area contributed by atoms with Crippen LogP contribution in [0.4, 0.5) is 11.4 Å². The number of anilines is 2. The quantitative estimate of drug-likeness (QED) is 0.873. The van der Waals surface area contributed by atoms with E-state index in [1.807, 2.05) is 51.0 Å². The Morgan fingerprint density at radius 2 is 2.04 bits per heavy atom. The Bertz CT molecular complexity index is 762. The molecule has 1 aromatic carbocycles. The van der Waals surface area contributed by atoms with E-state index in [0.717, 1.165) is 28.2 Å². The molecule has 23 heavy (non-hydrogen) atoms. The number of hydrogen-bond acceptors (Lipinski definition) is 3. The van der Waals surface area contributed by atoms with Gasteiger partial charge in [0.2, 0.25) is 5.91 Å². The number of aryl methyl sites for hydroxylation is 3. The fourth-order valence-corrected chi connectivity index (χ4v) is 2.65. The van der Waals surface area contributed by atoms with Crippen molar-refractivity contribution in [1.82, 2.24) is 9.78 Å². The van der Waals surface area contributed by atoms with Crippen LogP contribution in [0.15, 0.2) is 24.3 Å². The first kappa shape index (κ1) is 17.1. The predicted molar refractivity (Wildman–Crippen MR) is 96.1 cm³/mol. The number of amides is 1. The highest BCUT2D eigenvalue weighted by Gasteiger charge is 2.09. The minimum atomic E-state index is -0.207. The summed E-state index contributed by atoms with van der Waals surface area (Å²) in [6.45, 7) is 3.87. The number of aromatic nitrogens is 2. The van der Waals surface area contributed by atoms with E-state index in [0.29, 0.717) is 5.15 Å². The molecule has 2 rings (SSSR count).